The van der Waals surface area contributed by atoms with Gasteiger partial charge in [0.1, 0.15) is 5.69 Å². The van der Waals surface area contributed by atoms with Crippen molar-refractivity contribution < 1.29 is 23.7 Å². The molecule has 1 aliphatic rings. The summed E-state index contributed by atoms with van der Waals surface area (Å²) in [5.74, 6) is -1.36. The quantitative estimate of drug-likeness (QED) is 0.504. The molecule has 1 aromatic heterocycles. The maximum absolute atomic E-state index is 14.8. The van der Waals surface area contributed by atoms with Crippen molar-refractivity contribution >= 4 is 36.7 Å². The highest BCUT2D eigenvalue weighted by Gasteiger charge is 2.28. The van der Waals surface area contributed by atoms with E-state index in [1.165, 1.54) is 17.2 Å². The van der Waals surface area contributed by atoms with Crippen LogP contribution in [-0.2, 0) is 0 Å². The SMILES string of the molecule is OC1CCN(c2c(F)cc3[nH]cc(SCP(O)O)c3c2F)C1. The number of anilines is 1. The summed E-state index contributed by atoms with van der Waals surface area (Å²) in [6.07, 6.45) is 1.42. The van der Waals surface area contributed by atoms with Gasteiger partial charge in [-0.05, 0) is 6.42 Å². The summed E-state index contributed by atoms with van der Waals surface area (Å²) in [5.41, 5.74) is 0.235. The number of aromatic nitrogens is 1. The molecule has 1 aromatic carbocycles. The van der Waals surface area contributed by atoms with Crippen LogP contribution >= 0.6 is 20.1 Å². The van der Waals surface area contributed by atoms with Gasteiger partial charge in [-0.3, -0.25) is 0 Å². The Morgan fingerprint density at radius 3 is 2.82 bits per heavy atom. The van der Waals surface area contributed by atoms with Gasteiger partial charge in [-0.25, -0.2) is 8.78 Å². The number of aromatic amines is 1. The van der Waals surface area contributed by atoms with E-state index < -0.39 is 26.1 Å². The van der Waals surface area contributed by atoms with Crippen LogP contribution in [0.4, 0.5) is 14.5 Å². The van der Waals surface area contributed by atoms with Gasteiger partial charge in [-0.15, -0.1) is 11.8 Å². The molecule has 2 heterocycles. The van der Waals surface area contributed by atoms with Crippen molar-refractivity contribution in [2.75, 3.05) is 23.5 Å². The number of benzene rings is 1. The molecule has 1 atom stereocenters. The molecule has 0 saturated carbocycles. The molecule has 3 rings (SSSR count). The maximum atomic E-state index is 14.8. The molecule has 120 valence electrons. The van der Waals surface area contributed by atoms with Crippen LogP contribution in [0.5, 0.6) is 0 Å². The summed E-state index contributed by atoms with van der Waals surface area (Å²) in [6.45, 7) is 0.594. The Morgan fingerprint density at radius 1 is 1.41 bits per heavy atom. The third kappa shape index (κ3) is 2.94. The lowest BCUT2D eigenvalue weighted by atomic mass is 10.2. The molecule has 1 saturated heterocycles. The second-order valence-corrected chi connectivity index (χ2v) is 7.64. The van der Waals surface area contributed by atoms with Gasteiger partial charge in [-0.2, -0.15) is 0 Å². The van der Waals surface area contributed by atoms with E-state index >= 15 is 0 Å². The van der Waals surface area contributed by atoms with Gasteiger partial charge in [0.05, 0.1) is 22.5 Å². The number of nitrogens with zero attached hydrogens (tertiary/aromatic N) is 1. The predicted molar refractivity (Wildman–Crippen MR) is 83.1 cm³/mol. The van der Waals surface area contributed by atoms with Crippen LogP contribution in [0, 0.1) is 11.6 Å². The topological polar surface area (TPSA) is 79.7 Å². The summed E-state index contributed by atoms with van der Waals surface area (Å²) in [6, 6.07) is 1.23. The number of H-pyrrole nitrogens is 1. The highest BCUT2D eigenvalue weighted by Crippen LogP contribution is 2.40. The molecule has 1 aliphatic heterocycles. The van der Waals surface area contributed by atoms with Crippen LogP contribution < -0.4 is 4.90 Å². The smallest absolute Gasteiger partial charge is 0.175 e. The van der Waals surface area contributed by atoms with E-state index in [-0.39, 0.29) is 23.1 Å². The van der Waals surface area contributed by atoms with Crippen molar-refractivity contribution in [2.45, 2.75) is 17.4 Å². The molecule has 0 bridgehead atoms. The molecular weight excluding hydrogens is 333 g/mol. The first kappa shape index (κ1) is 16.0. The van der Waals surface area contributed by atoms with Crippen LogP contribution in [0.3, 0.4) is 0 Å². The number of β-amino-alcohol motifs (C(OH)–C–C–N with tert-alkyl or cyclic N) is 1. The third-order valence-corrected chi connectivity index (χ3v) is 5.69. The minimum absolute atomic E-state index is 0.0524. The van der Waals surface area contributed by atoms with E-state index in [2.05, 4.69) is 4.98 Å². The Hall–Kier alpha value is -0.920. The number of hydrogen-bond acceptors (Lipinski definition) is 5. The monoisotopic (exact) mass is 348 g/mol. The predicted octanol–water partition coefficient (Wildman–Crippen LogP) is 2.36. The molecular formula is C13H15F2N2O3PS. The Kier molecular flexibility index (Phi) is 4.56. The molecule has 0 amide bonds. The van der Waals surface area contributed by atoms with E-state index in [1.807, 2.05) is 0 Å². The van der Waals surface area contributed by atoms with Crippen LogP contribution in [-0.4, -0.2) is 44.6 Å². The van der Waals surface area contributed by atoms with E-state index in [0.717, 1.165) is 11.8 Å². The van der Waals surface area contributed by atoms with Crippen molar-refractivity contribution in [3.63, 3.8) is 0 Å². The molecule has 0 spiro atoms. The second kappa shape index (κ2) is 6.29. The van der Waals surface area contributed by atoms with Gasteiger partial charge < -0.3 is 24.8 Å². The average molecular weight is 348 g/mol. The van der Waals surface area contributed by atoms with Gasteiger partial charge in [0.2, 0.25) is 0 Å². The summed E-state index contributed by atoms with van der Waals surface area (Å²) < 4.78 is 29.0. The fraction of sp³-hybridized carbons (Fsp3) is 0.385. The summed E-state index contributed by atoms with van der Waals surface area (Å²) >= 11 is 1.10. The summed E-state index contributed by atoms with van der Waals surface area (Å²) in [5, 5.41) is 9.80. The highest BCUT2D eigenvalue weighted by molar-refractivity contribution is 8.04. The zero-order valence-electron chi connectivity index (χ0n) is 11.5. The number of aliphatic hydroxyl groups excluding tert-OH is 1. The first-order valence-corrected chi connectivity index (χ1v) is 9.09. The standard InChI is InChI=1S/C13H15F2N2O3PS/c14-8-3-9-11(10(4-16-9)22-6-21(19)20)12(15)13(8)17-2-1-7(18)5-17/h3-4,7,16,18-20H,1-2,5-6H2. The lowest BCUT2D eigenvalue weighted by Crippen LogP contribution is -2.23. The van der Waals surface area contributed by atoms with E-state index in [9.17, 15) is 13.9 Å². The molecule has 9 heteroatoms. The number of rotatable bonds is 4. The third-order valence-electron chi connectivity index (χ3n) is 3.61. The van der Waals surface area contributed by atoms with Crippen molar-refractivity contribution in [2.24, 2.45) is 0 Å². The minimum atomic E-state index is -2.09. The van der Waals surface area contributed by atoms with Crippen LogP contribution in [0.1, 0.15) is 6.42 Å². The molecule has 1 unspecified atom stereocenters. The molecule has 4 N–H and O–H groups in total. The van der Waals surface area contributed by atoms with Crippen LogP contribution in [0.2, 0.25) is 0 Å². The largest absolute Gasteiger partial charge is 0.391 e. The second-order valence-electron chi connectivity index (χ2n) is 5.13. The maximum Gasteiger partial charge on any atom is 0.175 e. The Morgan fingerprint density at radius 2 is 2.18 bits per heavy atom. The molecule has 1 fully saturated rings. The van der Waals surface area contributed by atoms with Gasteiger partial charge in [0.25, 0.3) is 0 Å². The Balaban J connectivity index is 2.03. The zero-order chi connectivity index (χ0) is 15.9. The Labute approximate surface area is 130 Å². The number of nitrogens with one attached hydrogen (secondary N) is 1. The molecule has 5 nitrogen and oxygen atoms in total. The highest BCUT2D eigenvalue weighted by atomic mass is 32.2. The number of halogens is 2. The number of hydrogen-bond donors (Lipinski definition) is 4. The van der Waals surface area contributed by atoms with Gasteiger partial charge in [-0.1, -0.05) is 0 Å². The zero-order valence-corrected chi connectivity index (χ0v) is 13.2. The van der Waals surface area contributed by atoms with Crippen LogP contribution in [0.25, 0.3) is 10.9 Å². The van der Waals surface area contributed by atoms with E-state index in [4.69, 9.17) is 9.79 Å². The molecule has 0 aliphatic carbocycles. The van der Waals surface area contributed by atoms with Gasteiger partial charge >= 0.3 is 0 Å². The molecule has 0 radical (unpaired) electrons. The van der Waals surface area contributed by atoms with Crippen molar-refractivity contribution in [1.29, 1.82) is 0 Å². The number of fused-ring (bicyclic) bond motifs is 1. The van der Waals surface area contributed by atoms with Gasteiger partial charge in [0, 0.05) is 30.2 Å². The summed E-state index contributed by atoms with van der Waals surface area (Å²) in [4.78, 5) is 22.8. The van der Waals surface area contributed by atoms with Crippen molar-refractivity contribution in [1.82, 2.24) is 4.98 Å². The molecule has 2 aromatic rings. The first-order valence-electron chi connectivity index (χ1n) is 6.67. The minimum Gasteiger partial charge on any atom is -0.391 e. The number of thioether (sulfide) groups is 1. The summed E-state index contributed by atoms with van der Waals surface area (Å²) in [7, 11) is -2.09. The van der Waals surface area contributed by atoms with Gasteiger partial charge in [0.15, 0.2) is 20.0 Å². The Bertz CT molecular complexity index is 697. The fourth-order valence-electron chi connectivity index (χ4n) is 2.65. The fourth-order valence-corrected chi connectivity index (χ4v) is 4.16. The number of aliphatic hydroxyl groups is 1. The van der Waals surface area contributed by atoms with Crippen LogP contribution in [0.15, 0.2) is 17.2 Å². The van der Waals surface area contributed by atoms with E-state index in [1.54, 1.807) is 0 Å². The lowest BCUT2D eigenvalue weighted by molar-refractivity contribution is 0.198. The normalized spacial score (nSPS) is 18.8. The average Bonchev–Trinajstić information content (AvgIpc) is 3.03. The van der Waals surface area contributed by atoms with Crippen molar-refractivity contribution in [3.8, 4) is 0 Å². The van der Waals surface area contributed by atoms with E-state index in [0.29, 0.717) is 23.4 Å². The molecule has 22 heavy (non-hydrogen) atoms. The lowest BCUT2D eigenvalue weighted by Gasteiger charge is -2.20. The van der Waals surface area contributed by atoms with Crippen molar-refractivity contribution in [3.05, 3.63) is 23.9 Å². The first-order chi connectivity index (χ1) is 10.5.